The summed E-state index contributed by atoms with van der Waals surface area (Å²) < 4.78 is 41.8. The van der Waals surface area contributed by atoms with Crippen LogP contribution >= 0.6 is 11.8 Å². The van der Waals surface area contributed by atoms with Crippen LogP contribution in [0.4, 0.5) is 13.2 Å². The lowest BCUT2D eigenvalue weighted by Gasteiger charge is -2.49. The second-order valence-electron chi connectivity index (χ2n) is 8.61. The fraction of sp³-hybridized carbons (Fsp3) is 0.304. The molecule has 0 atom stereocenters. The monoisotopic (exact) mass is 473 g/mol. The van der Waals surface area contributed by atoms with Crippen molar-refractivity contribution in [2.24, 2.45) is 18.2 Å². The number of nitrogens with one attached hydrogen (secondary N) is 1. The Balaban J connectivity index is 0.000000274. The van der Waals surface area contributed by atoms with Gasteiger partial charge in [-0.2, -0.15) is 30.0 Å². The molecule has 2 aromatic heterocycles. The normalized spacial score (nSPS) is 16.8. The number of carbonyl (C=O) groups is 1. The van der Waals surface area contributed by atoms with Crippen molar-refractivity contribution >= 4 is 39.6 Å². The molecule has 4 aromatic rings. The predicted octanol–water partition coefficient (Wildman–Crippen LogP) is 3.96. The number of primary amides is 1. The van der Waals surface area contributed by atoms with Crippen LogP contribution in [0.3, 0.4) is 0 Å². The number of nitrogens with zero attached hydrogens (tertiary/aromatic N) is 3. The van der Waals surface area contributed by atoms with Crippen LogP contribution in [0.2, 0.25) is 0 Å². The maximum atomic E-state index is 12.8. The minimum absolute atomic E-state index is 0.354. The molecular formula is C23H22F3N5OS. The largest absolute Gasteiger partial charge is 0.416 e. The molecule has 2 aliphatic rings. The van der Waals surface area contributed by atoms with Crippen molar-refractivity contribution in [1.29, 1.82) is 0 Å². The van der Waals surface area contributed by atoms with Crippen LogP contribution in [0.1, 0.15) is 15.9 Å². The number of fused-ring (bicyclic) bond motifs is 3. The van der Waals surface area contributed by atoms with Crippen LogP contribution < -0.4 is 11.1 Å². The van der Waals surface area contributed by atoms with Crippen molar-refractivity contribution in [3.8, 4) is 5.69 Å². The van der Waals surface area contributed by atoms with Gasteiger partial charge in [-0.1, -0.05) is 0 Å². The van der Waals surface area contributed by atoms with E-state index in [9.17, 15) is 18.0 Å². The third kappa shape index (κ3) is 3.87. The van der Waals surface area contributed by atoms with Crippen LogP contribution in [0.5, 0.6) is 0 Å². The SMILES string of the molecule is C1NCC12CSC2.Cn1cc2c3cc(C(N)=O)ccc3n(-c3ccc(C(F)(F)F)cc3)c2n1. The Morgan fingerprint density at radius 1 is 1.12 bits per heavy atom. The molecule has 1 spiro atoms. The van der Waals surface area contributed by atoms with Crippen LogP contribution in [-0.2, 0) is 13.2 Å². The van der Waals surface area contributed by atoms with E-state index < -0.39 is 17.6 Å². The zero-order valence-corrected chi connectivity index (χ0v) is 18.6. The molecule has 2 saturated heterocycles. The summed E-state index contributed by atoms with van der Waals surface area (Å²) >= 11 is 2.08. The molecule has 172 valence electrons. The number of benzene rings is 2. The number of alkyl halides is 3. The first-order valence-electron chi connectivity index (χ1n) is 10.4. The van der Waals surface area contributed by atoms with Gasteiger partial charge in [-0.05, 0) is 42.5 Å². The smallest absolute Gasteiger partial charge is 0.366 e. The van der Waals surface area contributed by atoms with Gasteiger partial charge < -0.3 is 11.1 Å². The lowest BCUT2D eigenvalue weighted by Crippen LogP contribution is -2.60. The Labute approximate surface area is 191 Å². The van der Waals surface area contributed by atoms with E-state index in [4.69, 9.17) is 5.73 Å². The summed E-state index contributed by atoms with van der Waals surface area (Å²) in [6, 6.07) is 9.85. The van der Waals surface area contributed by atoms with Crippen LogP contribution in [0.25, 0.3) is 27.6 Å². The standard InChI is InChI=1S/C18H13F3N4O.C5H9NS/c1-24-9-14-13-8-10(16(22)26)2-7-15(13)25(17(14)23-24)12-5-3-11(4-6-12)18(19,20)21;1-5(2-6-1)3-7-4-5/h2-9H,1H3,(H2,22,26);6H,1-4H2. The zero-order chi connectivity index (χ0) is 23.4. The van der Waals surface area contributed by atoms with E-state index in [2.05, 4.69) is 22.2 Å². The summed E-state index contributed by atoms with van der Waals surface area (Å²) in [6.07, 6.45) is -2.60. The fourth-order valence-corrected chi connectivity index (χ4v) is 5.37. The summed E-state index contributed by atoms with van der Waals surface area (Å²) in [5.74, 6) is 2.28. The first-order valence-corrected chi connectivity index (χ1v) is 11.6. The lowest BCUT2D eigenvalue weighted by molar-refractivity contribution is -0.137. The van der Waals surface area contributed by atoms with Crippen molar-refractivity contribution in [2.75, 3.05) is 24.6 Å². The van der Waals surface area contributed by atoms with Gasteiger partial charge in [-0.15, -0.1) is 0 Å². The summed E-state index contributed by atoms with van der Waals surface area (Å²) in [7, 11) is 1.75. The van der Waals surface area contributed by atoms with Crippen LogP contribution in [0, 0.1) is 5.41 Å². The maximum Gasteiger partial charge on any atom is 0.416 e. The van der Waals surface area contributed by atoms with Gasteiger partial charge in [0.05, 0.1) is 11.1 Å². The molecule has 6 rings (SSSR count). The number of carbonyl (C=O) groups excluding carboxylic acids is 1. The first kappa shape index (κ1) is 21.8. The van der Waals surface area contributed by atoms with Gasteiger partial charge in [0, 0.05) is 65.3 Å². The second kappa shape index (κ2) is 7.81. The van der Waals surface area contributed by atoms with Crippen molar-refractivity contribution in [2.45, 2.75) is 6.18 Å². The fourth-order valence-electron chi connectivity index (χ4n) is 4.18. The third-order valence-corrected chi connectivity index (χ3v) is 7.74. The predicted molar refractivity (Wildman–Crippen MR) is 124 cm³/mol. The Bertz CT molecular complexity index is 1330. The summed E-state index contributed by atoms with van der Waals surface area (Å²) in [5.41, 5.74) is 7.65. The topological polar surface area (TPSA) is 77.9 Å². The highest BCUT2D eigenvalue weighted by atomic mass is 32.2. The van der Waals surface area contributed by atoms with E-state index in [-0.39, 0.29) is 0 Å². The van der Waals surface area contributed by atoms with E-state index >= 15 is 0 Å². The highest BCUT2D eigenvalue weighted by Crippen LogP contribution is 2.40. The number of halogens is 3. The van der Waals surface area contributed by atoms with Crippen molar-refractivity contribution in [3.63, 3.8) is 0 Å². The number of amides is 1. The van der Waals surface area contributed by atoms with Gasteiger partial charge >= 0.3 is 6.18 Å². The molecule has 3 N–H and O–H groups in total. The van der Waals surface area contributed by atoms with Gasteiger partial charge in [0.1, 0.15) is 0 Å². The average Bonchev–Trinajstić information content (AvgIpc) is 3.20. The van der Waals surface area contributed by atoms with E-state index in [0.29, 0.717) is 16.9 Å². The molecule has 0 unspecified atom stereocenters. The molecule has 1 amide bonds. The van der Waals surface area contributed by atoms with Crippen LogP contribution in [0.15, 0.2) is 48.7 Å². The summed E-state index contributed by atoms with van der Waals surface area (Å²) in [4.78, 5) is 11.5. The van der Waals surface area contributed by atoms with E-state index in [1.807, 2.05) is 0 Å². The zero-order valence-electron chi connectivity index (χ0n) is 17.8. The molecular weight excluding hydrogens is 451 g/mol. The molecule has 0 bridgehead atoms. The van der Waals surface area contributed by atoms with Gasteiger partial charge in [0.25, 0.3) is 0 Å². The summed E-state index contributed by atoms with van der Waals surface area (Å²) in [5, 5.41) is 9.24. The Morgan fingerprint density at radius 3 is 2.30 bits per heavy atom. The van der Waals surface area contributed by atoms with Crippen molar-refractivity contribution < 1.29 is 18.0 Å². The molecule has 0 radical (unpaired) electrons. The summed E-state index contributed by atoms with van der Waals surface area (Å²) in [6.45, 7) is 2.58. The number of aromatic nitrogens is 3. The number of rotatable bonds is 2. The molecule has 6 nitrogen and oxygen atoms in total. The number of hydrogen-bond donors (Lipinski definition) is 2. The maximum absolute atomic E-state index is 12.8. The quantitative estimate of drug-likeness (QED) is 0.462. The van der Waals surface area contributed by atoms with Gasteiger partial charge in [0.15, 0.2) is 5.65 Å². The molecule has 33 heavy (non-hydrogen) atoms. The number of hydrogen-bond acceptors (Lipinski definition) is 4. The minimum atomic E-state index is -4.39. The molecule has 10 heteroatoms. The Kier molecular flexibility index (Phi) is 5.17. The molecule has 2 aliphatic heterocycles. The number of aryl methyl sites for hydroxylation is 1. The van der Waals surface area contributed by atoms with Gasteiger partial charge in [-0.25, -0.2) is 0 Å². The molecule has 2 aromatic carbocycles. The molecule has 2 fully saturated rings. The number of nitrogens with two attached hydrogens (primary N) is 1. The third-order valence-electron chi connectivity index (χ3n) is 6.10. The van der Waals surface area contributed by atoms with E-state index in [1.54, 1.807) is 40.7 Å². The molecule has 0 saturated carbocycles. The number of thioether (sulfide) groups is 1. The van der Waals surface area contributed by atoms with Crippen molar-refractivity contribution in [3.05, 3.63) is 59.8 Å². The Morgan fingerprint density at radius 2 is 1.82 bits per heavy atom. The highest BCUT2D eigenvalue weighted by Gasteiger charge is 2.42. The first-order chi connectivity index (χ1) is 15.7. The van der Waals surface area contributed by atoms with Crippen molar-refractivity contribution in [1.82, 2.24) is 19.7 Å². The van der Waals surface area contributed by atoms with Gasteiger partial charge in [-0.3, -0.25) is 14.0 Å². The lowest BCUT2D eigenvalue weighted by atomic mass is 9.85. The van der Waals surface area contributed by atoms with Crippen LogP contribution in [-0.4, -0.2) is 44.8 Å². The molecule has 4 heterocycles. The van der Waals surface area contributed by atoms with E-state index in [0.717, 1.165) is 33.8 Å². The highest BCUT2D eigenvalue weighted by molar-refractivity contribution is 8.00. The second-order valence-corrected chi connectivity index (χ2v) is 9.60. The minimum Gasteiger partial charge on any atom is -0.366 e. The van der Waals surface area contributed by atoms with Gasteiger partial charge in [0.2, 0.25) is 5.91 Å². The van der Waals surface area contributed by atoms with E-state index in [1.165, 1.54) is 36.7 Å². The average molecular weight is 474 g/mol. The molecule has 0 aliphatic carbocycles. The Hall–Kier alpha value is -2.98.